The van der Waals surface area contributed by atoms with Crippen LogP contribution >= 0.6 is 0 Å². The van der Waals surface area contributed by atoms with Crippen molar-refractivity contribution in [1.29, 1.82) is 0 Å². The number of rotatable bonds is 9. The van der Waals surface area contributed by atoms with Gasteiger partial charge in [0, 0.05) is 18.2 Å². The molecule has 116 valence electrons. The van der Waals surface area contributed by atoms with Crippen LogP contribution < -0.4 is 9.47 Å². The Bertz CT molecular complexity index is 502. The molecule has 0 saturated heterocycles. The van der Waals surface area contributed by atoms with Crippen LogP contribution in [0.3, 0.4) is 0 Å². The molecule has 0 amide bonds. The Morgan fingerprint density at radius 2 is 2.05 bits per heavy atom. The summed E-state index contributed by atoms with van der Waals surface area (Å²) < 4.78 is 10.9. The Labute approximate surface area is 123 Å². The van der Waals surface area contributed by atoms with Crippen molar-refractivity contribution in [2.75, 3.05) is 33.9 Å². The van der Waals surface area contributed by atoms with Gasteiger partial charge in [0.25, 0.3) is 0 Å². The summed E-state index contributed by atoms with van der Waals surface area (Å²) in [6.45, 7) is 3.23. The van der Waals surface area contributed by atoms with Gasteiger partial charge in [-0.15, -0.1) is 0 Å². The summed E-state index contributed by atoms with van der Waals surface area (Å²) in [4.78, 5) is 23.4. The van der Waals surface area contributed by atoms with Crippen LogP contribution in [0.1, 0.15) is 23.7 Å². The van der Waals surface area contributed by atoms with E-state index in [0.29, 0.717) is 19.5 Å². The molecule has 1 aromatic carbocycles. The van der Waals surface area contributed by atoms with E-state index in [1.165, 1.54) is 12.1 Å². The van der Waals surface area contributed by atoms with Gasteiger partial charge >= 0.3 is 5.69 Å². The van der Waals surface area contributed by atoms with E-state index in [9.17, 15) is 14.9 Å². The van der Waals surface area contributed by atoms with Crippen molar-refractivity contribution in [2.45, 2.75) is 13.3 Å². The monoisotopic (exact) mass is 296 g/mol. The molecule has 0 aliphatic carbocycles. The number of nitrogens with zero attached hydrogens (tertiary/aromatic N) is 2. The maximum absolute atomic E-state index is 11.1. The Balaban J connectivity index is 3.01. The standard InChI is InChI=1S/C14H20N2O5/c1-4-20-13-9-11(10-17)8-12(16(18)19)14(13)21-7-5-6-15(2)3/h8-10H,4-7H2,1-3H3. The van der Waals surface area contributed by atoms with Crippen LogP contribution in [0.5, 0.6) is 11.5 Å². The molecule has 1 aromatic rings. The summed E-state index contributed by atoms with van der Waals surface area (Å²) in [6.07, 6.45) is 1.27. The number of carbonyl (C=O) groups excluding carboxylic acids is 1. The molecule has 0 aromatic heterocycles. The summed E-state index contributed by atoms with van der Waals surface area (Å²) >= 11 is 0. The van der Waals surface area contributed by atoms with Gasteiger partial charge in [0.2, 0.25) is 5.75 Å². The van der Waals surface area contributed by atoms with Gasteiger partial charge in [-0.25, -0.2) is 0 Å². The Morgan fingerprint density at radius 3 is 2.57 bits per heavy atom. The lowest BCUT2D eigenvalue weighted by atomic mass is 10.2. The van der Waals surface area contributed by atoms with Gasteiger partial charge in [-0.05, 0) is 33.5 Å². The van der Waals surface area contributed by atoms with Crippen LogP contribution in [-0.2, 0) is 0 Å². The molecule has 0 heterocycles. The molecule has 0 aliphatic rings. The lowest BCUT2D eigenvalue weighted by Crippen LogP contribution is -2.16. The van der Waals surface area contributed by atoms with Gasteiger partial charge in [0.1, 0.15) is 6.29 Å². The molecule has 7 heteroatoms. The van der Waals surface area contributed by atoms with E-state index in [-0.39, 0.29) is 22.7 Å². The van der Waals surface area contributed by atoms with Crippen molar-refractivity contribution < 1.29 is 19.2 Å². The highest BCUT2D eigenvalue weighted by Gasteiger charge is 2.22. The van der Waals surface area contributed by atoms with E-state index in [1.54, 1.807) is 6.92 Å². The fourth-order valence-electron chi connectivity index (χ4n) is 1.77. The third kappa shape index (κ3) is 5.03. The van der Waals surface area contributed by atoms with E-state index in [2.05, 4.69) is 0 Å². The van der Waals surface area contributed by atoms with Gasteiger partial charge in [-0.2, -0.15) is 0 Å². The van der Waals surface area contributed by atoms with Crippen LogP contribution in [0, 0.1) is 10.1 Å². The SMILES string of the molecule is CCOc1cc(C=O)cc([N+](=O)[O-])c1OCCCN(C)C. The van der Waals surface area contributed by atoms with Crippen LogP contribution in [0.25, 0.3) is 0 Å². The van der Waals surface area contributed by atoms with E-state index < -0.39 is 4.92 Å². The molecular formula is C14H20N2O5. The van der Waals surface area contributed by atoms with Gasteiger partial charge in [0.15, 0.2) is 5.75 Å². The quantitative estimate of drug-likeness (QED) is 0.300. The van der Waals surface area contributed by atoms with Crippen molar-refractivity contribution in [3.05, 3.63) is 27.8 Å². The van der Waals surface area contributed by atoms with Gasteiger partial charge < -0.3 is 14.4 Å². The lowest BCUT2D eigenvalue weighted by molar-refractivity contribution is -0.386. The third-order valence-electron chi connectivity index (χ3n) is 2.69. The Morgan fingerprint density at radius 1 is 1.33 bits per heavy atom. The number of hydrogen-bond donors (Lipinski definition) is 0. The van der Waals surface area contributed by atoms with Crippen LogP contribution in [-0.4, -0.2) is 50.0 Å². The van der Waals surface area contributed by atoms with E-state index >= 15 is 0 Å². The second kappa shape index (κ2) is 8.21. The summed E-state index contributed by atoms with van der Waals surface area (Å²) in [5.41, 5.74) is -0.0707. The molecule has 7 nitrogen and oxygen atoms in total. The van der Waals surface area contributed by atoms with Crippen molar-refractivity contribution in [1.82, 2.24) is 4.90 Å². The summed E-state index contributed by atoms with van der Waals surface area (Å²) in [5.74, 6) is 0.296. The molecule has 0 radical (unpaired) electrons. The largest absolute Gasteiger partial charge is 0.490 e. The van der Waals surface area contributed by atoms with Gasteiger partial charge in [0.05, 0.1) is 18.1 Å². The second-order valence-electron chi connectivity index (χ2n) is 4.68. The zero-order chi connectivity index (χ0) is 15.8. The molecule has 21 heavy (non-hydrogen) atoms. The maximum Gasteiger partial charge on any atom is 0.315 e. The number of hydrogen-bond acceptors (Lipinski definition) is 6. The topological polar surface area (TPSA) is 81.9 Å². The highest BCUT2D eigenvalue weighted by Crippen LogP contribution is 2.38. The normalized spacial score (nSPS) is 10.5. The third-order valence-corrected chi connectivity index (χ3v) is 2.69. The summed E-state index contributed by atoms with van der Waals surface area (Å²) in [7, 11) is 3.87. The minimum absolute atomic E-state index is 0.0752. The molecule has 0 aliphatic heterocycles. The minimum Gasteiger partial charge on any atom is -0.490 e. The molecule has 1 rings (SSSR count). The minimum atomic E-state index is -0.573. The number of nitro benzene ring substituents is 1. The van der Waals surface area contributed by atoms with E-state index in [0.717, 1.165) is 13.0 Å². The van der Waals surface area contributed by atoms with E-state index in [4.69, 9.17) is 9.47 Å². The molecule has 0 atom stereocenters. The second-order valence-corrected chi connectivity index (χ2v) is 4.68. The fraction of sp³-hybridized carbons (Fsp3) is 0.500. The molecule has 0 bridgehead atoms. The highest BCUT2D eigenvalue weighted by molar-refractivity contribution is 5.79. The summed E-state index contributed by atoms with van der Waals surface area (Å²) in [5, 5.41) is 11.1. The lowest BCUT2D eigenvalue weighted by Gasteiger charge is -2.14. The predicted octanol–water partition coefficient (Wildman–Crippen LogP) is 2.14. The molecule has 0 unspecified atom stereocenters. The predicted molar refractivity (Wildman–Crippen MR) is 78.3 cm³/mol. The molecule has 0 saturated carbocycles. The van der Waals surface area contributed by atoms with Gasteiger partial charge in [-0.3, -0.25) is 14.9 Å². The van der Waals surface area contributed by atoms with E-state index in [1.807, 2.05) is 19.0 Å². The molecule has 0 N–H and O–H groups in total. The molecular weight excluding hydrogens is 276 g/mol. The van der Waals surface area contributed by atoms with Crippen LogP contribution in [0.15, 0.2) is 12.1 Å². The van der Waals surface area contributed by atoms with Crippen LogP contribution in [0.4, 0.5) is 5.69 Å². The Hall–Kier alpha value is -2.15. The van der Waals surface area contributed by atoms with Crippen molar-refractivity contribution in [3.63, 3.8) is 0 Å². The molecule has 0 spiro atoms. The maximum atomic E-state index is 11.1. The van der Waals surface area contributed by atoms with Gasteiger partial charge in [-0.1, -0.05) is 0 Å². The van der Waals surface area contributed by atoms with Crippen molar-refractivity contribution in [3.8, 4) is 11.5 Å². The number of ether oxygens (including phenoxy) is 2. The average molecular weight is 296 g/mol. The number of aldehydes is 1. The first-order valence-electron chi connectivity index (χ1n) is 6.67. The first kappa shape index (κ1) is 16.9. The molecule has 0 fully saturated rings. The number of nitro groups is 1. The fourth-order valence-corrected chi connectivity index (χ4v) is 1.77. The van der Waals surface area contributed by atoms with Crippen LogP contribution in [0.2, 0.25) is 0 Å². The van der Waals surface area contributed by atoms with Crippen molar-refractivity contribution in [2.24, 2.45) is 0 Å². The Kier molecular flexibility index (Phi) is 6.61. The zero-order valence-corrected chi connectivity index (χ0v) is 12.5. The zero-order valence-electron chi connectivity index (χ0n) is 12.5. The first-order valence-corrected chi connectivity index (χ1v) is 6.67. The number of benzene rings is 1. The smallest absolute Gasteiger partial charge is 0.315 e. The average Bonchev–Trinajstić information content (AvgIpc) is 2.43. The first-order chi connectivity index (χ1) is 9.99. The summed E-state index contributed by atoms with van der Waals surface area (Å²) in [6, 6.07) is 2.64. The highest BCUT2D eigenvalue weighted by atomic mass is 16.6. The van der Waals surface area contributed by atoms with Crippen molar-refractivity contribution >= 4 is 12.0 Å². The number of carbonyl (C=O) groups is 1.